The topological polar surface area (TPSA) is 72.3 Å². The SMILES string of the molecule is COCc1cn(C2CC3CCC(C2)N3C(=O)Nc2cccc(C(F)(F)F)c2)nn1. The summed E-state index contributed by atoms with van der Waals surface area (Å²) in [7, 11) is 1.60. The van der Waals surface area contributed by atoms with Crippen LogP contribution in [-0.2, 0) is 17.5 Å². The lowest BCUT2D eigenvalue weighted by Gasteiger charge is -2.38. The predicted octanol–water partition coefficient (Wildman–Crippen LogP) is 3.84. The number of hydrogen-bond donors (Lipinski definition) is 1. The Morgan fingerprint density at radius 2 is 1.97 bits per heavy atom. The number of aromatic nitrogens is 3. The molecule has 0 spiro atoms. The van der Waals surface area contributed by atoms with Crippen LogP contribution in [0.25, 0.3) is 0 Å². The highest BCUT2D eigenvalue weighted by Gasteiger charge is 2.44. The Labute approximate surface area is 165 Å². The molecule has 2 aliphatic heterocycles. The van der Waals surface area contributed by atoms with Gasteiger partial charge in [0.15, 0.2) is 0 Å². The highest BCUT2D eigenvalue weighted by atomic mass is 19.4. The monoisotopic (exact) mass is 409 g/mol. The van der Waals surface area contributed by atoms with Crippen LogP contribution in [0.1, 0.15) is 43.0 Å². The summed E-state index contributed by atoms with van der Waals surface area (Å²) >= 11 is 0. The summed E-state index contributed by atoms with van der Waals surface area (Å²) in [6.07, 6.45) is 0.641. The number of carbonyl (C=O) groups is 1. The molecule has 0 radical (unpaired) electrons. The molecule has 2 atom stereocenters. The number of nitrogens with one attached hydrogen (secondary N) is 1. The van der Waals surface area contributed by atoms with Crippen molar-refractivity contribution in [3.05, 3.63) is 41.7 Å². The summed E-state index contributed by atoms with van der Waals surface area (Å²) in [6.45, 7) is 0.394. The van der Waals surface area contributed by atoms with Crippen LogP contribution >= 0.6 is 0 Å². The smallest absolute Gasteiger partial charge is 0.378 e. The van der Waals surface area contributed by atoms with Gasteiger partial charge in [0.05, 0.1) is 24.4 Å². The molecule has 0 saturated carbocycles. The molecule has 2 bridgehead atoms. The third-order valence-electron chi connectivity index (χ3n) is 5.61. The van der Waals surface area contributed by atoms with Gasteiger partial charge in [-0.15, -0.1) is 5.10 Å². The number of halogens is 3. The van der Waals surface area contributed by atoms with Crippen molar-refractivity contribution in [2.75, 3.05) is 12.4 Å². The van der Waals surface area contributed by atoms with Gasteiger partial charge in [-0.1, -0.05) is 11.3 Å². The third kappa shape index (κ3) is 4.07. The highest BCUT2D eigenvalue weighted by Crippen LogP contribution is 2.41. The minimum atomic E-state index is -4.45. The second kappa shape index (κ2) is 7.66. The molecule has 1 N–H and O–H groups in total. The fourth-order valence-electron chi connectivity index (χ4n) is 4.36. The van der Waals surface area contributed by atoms with Gasteiger partial charge < -0.3 is 15.0 Å². The lowest BCUT2D eigenvalue weighted by Crippen LogP contribution is -2.48. The Hall–Kier alpha value is -2.62. The number of piperidine rings is 1. The molecule has 2 saturated heterocycles. The van der Waals surface area contributed by atoms with E-state index in [9.17, 15) is 18.0 Å². The number of rotatable bonds is 4. The summed E-state index contributed by atoms with van der Waals surface area (Å²) in [5, 5.41) is 10.9. The number of anilines is 1. The van der Waals surface area contributed by atoms with Crippen molar-refractivity contribution in [2.45, 2.75) is 56.6 Å². The van der Waals surface area contributed by atoms with Crippen LogP contribution in [0.5, 0.6) is 0 Å². The average molecular weight is 409 g/mol. The van der Waals surface area contributed by atoms with Gasteiger partial charge in [-0.25, -0.2) is 9.48 Å². The van der Waals surface area contributed by atoms with Crippen molar-refractivity contribution >= 4 is 11.7 Å². The number of nitrogens with zero attached hydrogens (tertiary/aromatic N) is 4. The maximum atomic E-state index is 12.9. The molecule has 0 aliphatic carbocycles. The van der Waals surface area contributed by atoms with Crippen molar-refractivity contribution < 1.29 is 22.7 Å². The second-order valence-corrected chi connectivity index (χ2v) is 7.55. The van der Waals surface area contributed by atoms with Gasteiger partial charge in [0.1, 0.15) is 5.69 Å². The summed E-state index contributed by atoms with van der Waals surface area (Å²) in [6, 6.07) is 4.55. The molecule has 1 aromatic carbocycles. The molecule has 2 aromatic rings. The zero-order valence-corrected chi connectivity index (χ0v) is 15.9. The maximum absolute atomic E-state index is 12.9. The van der Waals surface area contributed by atoms with Crippen molar-refractivity contribution in [3.63, 3.8) is 0 Å². The quantitative estimate of drug-likeness (QED) is 0.833. The lowest BCUT2D eigenvalue weighted by molar-refractivity contribution is -0.137. The standard InChI is InChI=1S/C19H22F3N5O2/c1-29-11-14-10-26(25-24-14)17-8-15-5-6-16(9-17)27(15)18(28)23-13-4-2-3-12(7-13)19(20,21)22/h2-4,7,10,15-17H,5-6,8-9,11H2,1H3,(H,23,28). The van der Waals surface area contributed by atoms with Gasteiger partial charge in [0.25, 0.3) is 0 Å². The largest absolute Gasteiger partial charge is 0.416 e. The van der Waals surface area contributed by atoms with E-state index in [-0.39, 0.29) is 29.8 Å². The maximum Gasteiger partial charge on any atom is 0.416 e. The van der Waals surface area contributed by atoms with E-state index in [1.54, 1.807) is 12.0 Å². The molecule has 10 heteroatoms. The summed E-state index contributed by atoms with van der Waals surface area (Å²) in [4.78, 5) is 14.6. The summed E-state index contributed by atoms with van der Waals surface area (Å²) < 4.78 is 45.6. The molecular weight excluding hydrogens is 387 g/mol. The number of carbonyl (C=O) groups excluding carboxylic acids is 1. The molecular formula is C19H22F3N5O2. The number of urea groups is 1. The van der Waals surface area contributed by atoms with E-state index in [1.807, 2.05) is 10.9 Å². The second-order valence-electron chi connectivity index (χ2n) is 7.55. The van der Waals surface area contributed by atoms with Crippen LogP contribution in [0.4, 0.5) is 23.7 Å². The molecule has 3 heterocycles. The van der Waals surface area contributed by atoms with Crippen LogP contribution in [0.3, 0.4) is 0 Å². The van der Waals surface area contributed by atoms with E-state index in [0.29, 0.717) is 6.61 Å². The van der Waals surface area contributed by atoms with Crippen molar-refractivity contribution in [2.24, 2.45) is 0 Å². The number of amides is 2. The van der Waals surface area contributed by atoms with Gasteiger partial charge >= 0.3 is 12.2 Å². The number of hydrogen-bond acceptors (Lipinski definition) is 4. The minimum absolute atomic E-state index is 0.0274. The van der Waals surface area contributed by atoms with Gasteiger partial charge in [-0.3, -0.25) is 0 Å². The first-order chi connectivity index (χ1) is 13.8. The summed E-state index contributed by atoms with van der Waals surface area (Å²) in [5.41, 5.74) is 0.117. The van der Waals surface area contributed by atoms with Crippen LogP contribution in [0.2, 0.25) is 0 Å². The van der Waals surface area contributed by atoms with Gasteiger partial charge in [0.2, 0.25) is 0 Å². The number of benzene rings is 1. The Kier molecular flexibility index (Phi) is 5.20. The molecule has 7 nitrogen and oxygen atoms in total. The average Bonchev–Trinajstić information content (AvgIpc) is 3.24. The fourth-order valence-corrected chi connectivity index (χ4v) is 4.36. The Morgan fingerprint density at radius 1 is 1.24 bits per heavy atom. The zero-order chi connectivity index (χ0) is 20.6. The lowest BCUT2D eigenvalue weighted by atomic mass is 9.98. The fraction of sp³-hybridized carbons (Fsp3) is 0.526. The van der Waals surface area contributed by atoms with E-state index in [2.05, 4.69) is 15.6 Å². The van der Waals surface area contributed by atoms with E-state index < -0.39 is 11.7 Å². The number of ether oxygens (including phenoxy) is 1. The number of alkyl halides is 3. The number of methoxy groups -OCH3 is 1. The van der Waals surface area contributed by atoms with Crippen molar-refractivity contribution in [1.29, 1.82) is 0 Å². The van der Waals surface area contributed by atoms with Crippen molar-refractivity contribution in [1.82, 2.24) is 19.9 Å². The molecule has 2 unspecified atom stereocenters. The molecule has 156 valence electrons. The third-order valence-corrected chi connectivity index (χ3v) is 5.61. The van der Waals surface area contributed by atoms with Crippen LogP contribution in [0.15, 0.2) is 30.5 Å². The van der Waals surface area contributed by atoms with Crippen LogP contribution in [0, 0.1) is 0 Å². The van der Waals surface area contributed by atoms with Crippen LogP contribution < -0.4 is 5.32 Å². The highest BCUT2D eigenvalue weighted by molar-refractivity contribution is 5.90. The normalized spacial score (nSPS) is 24.0. The minimum Gasteiger partial charge on any atom is -0.378 e. The molecule has 2 aliphatic rings. The Bertz CT molecular complexity index is 871. The Balaban J connectivity index is 1.43. The first kappa shape index (κ1) is 19.7. The zero-order valence-electron chi connectivity index (χ0n) is 15.9. The molecule has 2 amide bonds. The van der Waals surface area contributed by atoms with E-state index in [0.717, 1.165) is 43.5 Å². The van der Waals surface area contributed by atoms with Crippen molar-refractivity contribution in [3.8, 4) is 0 Å². The first-order valence-electron chi connectivity index (χ1n) is 9.51. The van der Waals surface area contributed by atoms with Crippen LogP contribution in [-0.4, -0.2) is 45.1 Å². The van der Waals surface area contributed by atoms with E-state index in [1.165, 1.54) is 12.1 Å². The Morgan fingerprint density at radius 3 is 2.62 bits per heavy atom. The van der Waals surface area contributed by atoms with E-state index >= 15 is 0 Å². The van der Waals surface area contributed by atoms with E-state index in [4.69, 9.17) is 4.74 Å². The predicted molar refractivity (Wildman–Crippen MR) is 98.1 cm³/mol. The number of fused-ring (bicyclic) bond motifs is 2. The van der Waals surface area contributed by atoms with Gasteiger partial charge in [-0.05, 0) is 43.9 Å². The van der Waals surface area contributed by atoms with Gasteiger partial charge in [0, 0.05) is 24.9 Å². The molecule has 4 rings (SSSR count). The molecule has 1 aromatic heterocycles. The molecule has 29 heavy (non-hydrogen) atoms. The van der Waals surface area contributed by atoms with Gasteiger partial charge in [-0.2, -0.15) is 13.2 Å². The molecule has 2 fully saturated rings. The first-order valence-corrected chi connectivity index (χ1v) is 9.51. The summed E-state index contributed by atoms with van der Waals surface area (Å²) in [5.74, 6) is 0.